The molecule has 1 saturated heterocycles. The Balaban J connectivity index is 0.00000197. The van der Waals surface area contributed by atoms with Crippen LogP contribution in [-0.2, 0) is 12.0 Å². The molecule has 6 nitrogen and oxygen atoms in total. The number of hydrogen-bond donors (Lipinski definition) is 4. The Morgan fingerprint density at radius 2 is 1.40 bits per heavy atom. The molecule has 2 heterocycles. The minimum absolute atomic E-state index is 0.0838. The fourth-order valence-corrected chi connectivity index (χ4v) is 6.73. The average Bonchev–Trinajstić information content (AvgIpc) is 3.64. The molecule has 0 aliphatic carbocycles. The van der Waals surface area contributed by atoms with Gasteiger partial charge in [-0.3, -0.25) is 10.2 Å². The van der Waals surface area contributed by atoms with Crippen molar-refractivity contribution < 1.29 is 9.53 Å². The summed E-state index contributed by atoms with van der Waals surface area (Å²) in [7, 11) is 0. The molecule has 5 aromatic rings. The predicted octanol–water partition coefficient (Wildman–Crippen LogP) is 7.95. The molecule has 0 aromatic heterocycles. The Labute approximate surface area is 284 Å². The average molecular weight is 637 g/mol. The normalized spacial score (nSPS) is 15.2. The van der Waals surface area contributed by atoms with Crippen molar-refractivity contribution in [3.8, 4) is 5.75 Å². The highest BCUT2D eigenvalue weighted by molar-refractivity contribution is 6.15. The summed E-state index contributed by atoms with van der Waals surface area (Å²) in [5, 5.41) is 20.1. The molecule has 2 aliphatic rings. The van der Waals surface area contributed by atoms with E-state index in [-0.39, 0.29) is 11.9 Å². The van der Waals surface area contributed by atoms with E-state index in [1.807, 2.05) is 68.4 Å². The topological polar surface area (TPSA) is 86.2 Å². The first-order valence-electron chi connectivity index (χ1n) is 17.1. The Hall–Kier alpha value is -5.20. The molecule has 0 spiro atoms. The molecule has 7 rings (SSSR count). The van der Waals surface area contributed by atoms with Gasteiger partial charge < -0.3 is 20.7 Å². The summed E-state index contributed by atoms with van der Waals surface area (Å²) < 4.78 is 5.76. The minimum atomic E-state index is -0.790. The van der Waals surface area contributed by atoms with Gasteiger partial charge in [-0.1, -0.05) is 105 Å². The highest BCUT2D eigenvalue weighted by atomic mass is 16.5. The fourth-order valence-electron chi connectivity index (χ4n) is 6.73. The number of amides is 1. The smallest absolute Gasteiger partial charge is 0.251 e. The van der Waals surface area contributed by atoms with Crippen molar-refractivity contribution in [2.75, 3.05) is 25.0 Å². The van der Waals surface area contributed by atoms with Crippen LogP contribution >= 0.6 is 0 Å². The van der Waals surface area contributed by atoms with Crippen LogP contribution in [0.3, 0.4) is 0 Å². The van der Waals surface area contributed by atoms with E-state index in [4.69, 9.17) is 4.74 Å². The monoisotopic (exact) mass is 636 g/mol. The van der Waals surface area contributed by atoms with Gasteiger partial charge in [-0.05, 0) is 78.0 Å². The zero-order valence-corrected chi connectivity index (χ0v) is 27.8. The van der Waals surface area contributed by atoms with Gasteiger partial charge in [0, 0.05) is 41.4 Å². The van der Waals surface area contributed by atoms with Gasteiger partial charge in [0.15, 0.2) is 0 Å². The lowest BCUT2D eigenvalue weighted by Crippen LogP contribution is -2.45. The Morgan fingerprint density at radius 1 is 0.792 bits per heavy atom. The molecule has 1 fully saturated rings. The SMILES string of the molecule is CC.N=C(c1ccc2c(c1)CCO2)c1cc(C(=O)NC2CCCNC2)ccc1NC(c1ccccc1)(c1ccccc1)c1ccccc1. The lowest BCUT2D eigenvalue weighted by molar-refractivity contribution is 0.0930. The van der Waals surface area contributed by atoms with Crippen molar-refractivity contribution in [1.82, 2.24) is 10.6 Å². The second-order valence-corrected chi connectivity index (χ2v) is 12.0. The molecule has 0 saturated carbocycles. The maximum absolute atomic E-state index is 13.6. The summed E-state index contributed by atoms with van der Waals surface area (Å²) in [4.78, 5) is 13.6. The molecular formula is C42H44N4O2. The highest BCUT2D eigenvalue weighted by Crippen LogP contribution is 2.41. The zero-order chi connectivity index (χ0) is 33.3. The summed E-state index contributed by atoms with van der Waals surface area (Å²) in [5.74, 6) is 0.748. The second-order valence-electron chi connectivity index (χ2n) is 12.0. The predicted molar refractivity (Wildman–Crippen MR) is 196 cm³/mol. The van der Waals surface area contributed by atoms with Gasteiger partial charge in [0.05, 0.1) is 12.3 Å². The van der Waals surface area contributed by atoms with Crippen molar-refractivity contribution in [2.24, 2.45) is 0 Å². The number of carbonyl (C=O) groups excluding carboxylic acids is 1. The Morgan fingerprint density at radius 3 is 1.98 bits per heavy atom. The largest absolute Gasteiger partial charge is 0.493 e. The number of benzene rings is 5. The number of fused-ring (bicyclic) bond motifs is 1. The minimum Gasteiger partial charge on any atom is -0.493 e. The van der Waals surface area contributed by atoms with Crippen LogP contribution in [-0.4, -0.2) is 37.4 Å². The van der Waals surface area contributed by atoms with Crippen LogP contribution < -0.4 is 20.7 Å². The molecule has 244 valence electrons. The van der Waals surface area contributed by atoms with E-state index in [9.17, 15) is 10.2 Å². The molecule has 48 heavy (non-hydrogen) atoms. The third-order valence-corrected chi connectivity index (χ3v) is 9.10. The van der Waals surface area contributed by atoms with Crippen molar-refractivity contribution in [1.29, 1.82) is 5.41 Å². The number of piperidine rings is 1. The fraction of sp³-hybridized carbons (Fsp3) is 0.238. The van der Waals surface area contributed by atoms with Crippen LogP contribution in [0.4, 0.5) is 5.69 Å². The number of carbonyl (C=O) groups is 1. The summed E-state index contributed by atoms with van der Waals surface area (Å²) in [6, 6.07) is 43.0. The molecule has 0 radical (unpaired) electrons. The van der Waals surface area contributed by atoms with Crippen LogP contribution in [0.2, 0.25) is 0 Å². The van der Waals surface area contributed by atoms with Gasteiger partial charge in [0.2, 0.25) is 0 Å². The van der Waals surface area contributed by atoms with Gasteiger partial charge in [-0.2, -0.15) is 0 Å². The Bertz CT molecular complexity index is 1740. The van der Waals surface area contributed by atoms with E-state index in [1.54, 1.807) is 0 Å². The van der Waals surface area contributed by atoms with Gasteiger partial charge in [0.25, 0.3) is 5.91 Å². The first-order chi connectivity index (χ1) is 23.6. The van der Waals surface area contributed by atoms with Crippen LogP contribution in [0.1, 0.15) is 70.4 Å². The van der Waals surface area contributed by atoms with Crippen molar-refractivity contribution >= 4 is 17.3 Å². The van der Waals surface area contributed by atoms with Crippen LogP contribution in [0, 0.1) is 5.41 Å². The summed E-state index contributed by atoms with van der Waals surface area (Å²) in [6.45, 7) is 6.39. The summed E-state index contributed by atoms with van der Waals surface area (Å²) in [5.41, 5.74) is 6.56. The van der Waals surface area contributed by atoms with E-state index in [0.717, 1.165) is 71.6 Å². The maximum atomic E-state index is 13.6. The number of rotatable bonds is 9. The molecular weight excluding hydrogens is 592 g/mol. The van der Waals surface area contributed by atoms with E-state index >= 15 is 0 Å². The maximum Gasteiger partial charge on any atom is 0.251 e. The molecule has 2 aliphatic heterocycles. The van der Waals surface area contributed by atoms with Gasteiger partial charge in [-0.15, -0.1) is 0 Å². The lowest BCUT2D eigenvalue weighted by Gasteiger charge is -2.38. The first kappa shape index (κ1) is 32.7. The molecule has 1 unspecified atom stereocenters. The molecule has 4 N–H and O–H groups in total. The van der Waals surface area contributed by atoms with E-state index < -0.39 is 5.54 Å². The third-order valence-electron chi connectivity index (χ3n) is 9.10. The van der Waals surface area contributed by atoms with E-state index in [2.05, 4.69) is 88.7 Å². The highest BCUT2D eigenvalue weighted by Gasteiger charge is 2.37. The van der Waals surface area contributed by atoms with Crippen LogP contribution in [0.25, 0.3) is 0 Å². The third kappa shape index (κ3) is 6.76. The van der Waals surface area contributed by atoms with Crippen molar-refractivity contribution in [2.45, 2.75) is 44.7 Å². The van der Waals surface area contributed by atoms with Gasteiger partial charge >= 0.3 is 0 Å². The summed E-state index contributed by atoms with van der Waals surface area (Å²) in [6.07, 6.45) is 2.80. The van der Waals surface area contributed by atoms with Gasteiger partial charge in [-0.25, -0.2) is 0 Å². The number of hydrogen-bond acceptors (Lipinski definition) is 5. The van der Waals surface area contributed by atoms with E-state index in [0.29, 0.717) is 23.4 Å². The molecule has 1 amide bonds. The van der Waals surface area contributed by atoms with E-state index in [1.165, 1.54) is 0 Å². The molecule has 5 aromatic carbocycles. The molecule has 6 heteroatoms. The molecule has 0 bridgehead atoms. The zero-order valence-electron chi connectivity index (χ0n) is 27.8. The summed E-state index contributed by atoms with van der Waals surface area (Å²) >= 11 is 0. The lowest BCUT2D eigenvalue weighted by atomic mass is 9.76. The number of anilines is 1. The molecule has 1 atom stereocenters. The second kappa shape index (κ2) is 15.1. The van der Waals surface area contributed by atoms with Gasteiger partial charge in [0.1, 0.15) is 11.3 Å². The standard InChI is InChI=1S/C40H38N4O2.C2H6/c41-38(29-19-21-37-28(25-29)22-24-46-37)35-26-30(39(45)43-34-17-10-23-42-27-34)18-20-36(35)44-40(31-11-4-1-5-12-31,32-13-6-2-7-14-32)33-15-8-3-9-16-33;1-2/h1-9,11-16,18-21,25-26,34,41-42,44H,10,17,22-24,27H2,(H,43,45);1-2H3. The quantitative estimate of drug-likeness (QED) is 0.0977. The van der Waals surface area contributed by atoms with Crippen LogP contribution in [0.5, 0.6) is 5.75 Å². The Kier molecular flexibility index (Phi) is 10.3. The number of ether oxygens (including phenoxy) is 1. The van der Waals surface area contributed by atoms with Crippen molar-refractivity contribution in [3.63, 3.8) is 0 Å². The first-order valence-corrected chi connectivity index (χ1v) is 17.1. The van der Waals surface area contributed by atoms with Crippen LogP contribution in [0.15, 0.2) is 127 Å². The number of nitrogens with one attached hydrogen (secondary N) is 4. The van der Waals surface area contributed by atoms with Crippen molar-refractivity contribution in [3.05, 3.63) is 166 Å².